The van der Waals surface area contributed by atoms with Crippen molar-refractivity contribution >= 4 is 29.0 Å². The highest BCUT2D eigenvalue weighted by molar-refractivity contribution is 5.95. The first-order chi connectivity index (χ1) is 12.3. The van der Waals surface area contributed by atoms with Crippen LogP contribution in [0, 0.1) is 6.92 Å². The molecule has 0 bridgehead atoms. The highest BCUT2D eigenvalue weighted by Crippen LogP contribution is 2.10. The van der Waals surface area contributed by atoms with E-state index in [-0.39, 0.29) is 30.7 Å². The molecule has 0 saturated heterocycles. The second-order valence-electron chi connectivity index (χ2n) is 6.15. The molecule has 0 saturated carbocycles. The average Bonchev–Trinajstić information content (AvgIpc) is 2.61. The molecule has 0 radical (unpaired) electrons. The van der Waals surface area contributed by atoms with Gasteiger partial charge in [-0.2, -0.15) is 0 Å². The van der Waals surface area contributed by atoms with Gasteiger partial charge < -0.3 is 15.5 Å². The first-order valence-electron chi connectivity index (χ1n) is 8.30. The number of Topliss-reactive ketones (excluding diaryl/α,β-unsaturated/α-hetero) is 1. The third-order valence-corrected chi connectivity index (χ3v) is 3.88. The van der Waals surface area contributed by atoms with E-state index in [1.807, 2.05) is 31.2 Å². The fraction of sp³-hybridized carbons (Fsp3) is 0.250. The van der Waals surface area contributed by atoms with E-state index in [1.54, 1.807) is 31.3 Å². The van der Waals surface area contributed by atoms with Gasteiger partial charge in [0.25, 0.3) is 0 Å². The number of hydrogen-bond acceptors (Lipinski definition) is 4. The van der Waals surface area contributed by atoms with Gasteiger partial charge in [-0.15, -0.1) is 0 Å². The Labute approximate surface area is 153 Å². The van der Waals surface area contributed by atoms with Crippen LogP contribution in [0.15, 0.2) is 48.5 Å². The molecular weight excluding hydrogens is 330 g/mol. The van der Waals surface area contributed by atoms with Gasteiger partial charge in [0.1, 0.15) is 0 Å². The summed E-state index contributed by atoms with van der Waals surface area (Å²) in [6.07, 6.45) is 0. The molecule has 0 aliphatic heterocycles. The highest BCUT2D eigenvalue weighted by Gasteiger charge is 2.13. The van der Waals surface area contributed by atoms with Crippen LogP contribution in [0.1, 0.15) is 22.8 Å². The number of nitrogens with one attached hydrogen (secondary N) is 2. The van der Waals surface area contributed by atoms with Crippen molar-refractivity contribution in [1.29, 1.82) is 0 Å². The first-order valence-corrected chi connectivity index (χ1v) is 8.30. The zero-order valence-electron chi connectivity index (χ0n) is 15.2. The molecule has 0 aliphatic rings. The Morgan fingerprint density at radius 2 is 1.50 bits per heavy atom. The van der Waals surface area contributed by atoms with Crippen LogP contribution in [0.5, 0.6) is 0 Å². The lowest BCUT2D eigenvalue weighted by molar-refractivity contribution is -0.131. The zero-order chi connectivity index (χ0) is 19.1. The normalized spacial score (nSPS) is 10.1. The first kappa shape index (κ1) is 19.2. The van der Waals surface area contributed by atoms with Crippen LogP contribution in [0.4, 0.5) is 11.4 Å². The second kappa shape index (κ2) is 8.80. The Morgan fingerprint density at radius 1 is 0.923 bits per heavy atom. The molecular formula is C20H23N3O3. The van der Waals surface area contributed by atoms with Crippen LogP contribution in [-0.2, 0) is 9.59 Å². The lowest BCUT2D eigenvalue weighted by atomic mass is 10.1. The zero-order valence-corrected chi connectivity index (χ0v) is 15.2. The van der Waals surface area contributed by atoms with Crippen LogP contribution >= 0.6 is 0 Å². The minimum atomic E-state index is -0.254. The number of nitrogens with zero attached hydrogens (tertiary/aromatic N) is 1. The van der Waals surface area contributed by atoms with Gasteiger partial charge in [0.15, 0.2) is 5.78 Å². The fourth-order valence-electron chi connectivity index (χ4n) is 2.28. The van der Waals surface area contributed by atoms with E-state index in [0.717, 1.165) is 11.3 Å². The summed E-state index contributed by atoms with van der Waals surface area (Å²) in [4.78, 5) is 36.8. The van der Waals surface area contributed by atoms with Crippen LogP contribution in [0.2, 0.25) is 0 Å². The number of anilines is 2. The van der Waals surface area contributed by atoms with Gasteiger partial charge in [-0.05, 0) is 50.2 Å². The summed E-state index contributed by atoms with van der Waals surface area (Å²) in [5.74, 6) is -0.470. The molecule has 2 amide bonds. The van der Waals surface area contributed by atoms with Gasteiger partial charge in [0, 0.05) is 24.0 Å². The van der Waals surface area contributed by atoms with E-state index < -0.39 is 0 Å². The molecule has 2 aromatic carbocycles. The maximum atomic E-state index is 12.2. The van der Waals surface area contributed by atoms with E-state index in [4.69, 9.17) is 0 Å². The minimum absolute atomic E-state index is 0.00745. The van der Waals surface area contributed by atoms with Gasteiger partial charge in [-0.3, -0.25) is 14.4 Å². The third-order valence-electron chi connectivity index (χ3n) is 3.88. The molecule has 0 unspecified atom stereocenters. The SMILES string of the molecule is CC(=O)c1ccc(NCC(=O)N(C)CC(=O)Nc2ccc(C)cc2)cc1. The summed E-state index contributed by atoms with van der Waals surface area (Å²) in [6.45, 7) is 3.51. The molecule has 0 aliphatic carbocycles. The summed E-state index contributed by atoms with van der Waals surface area (Å²) in [5.41, 5.74) is 3.16. The predicted molar refractivity (Wildman–Crippen MR) is 102 cm³/mol. The maximum Gasteiger partial charge on any atom is 0.243 e. The van der Waals surface area contributed by atoms with E-state index >= 15 is 0 Å². The number of aryl methyl sites for hydroxylation is 1. The quantitative estimate of drug-likeness (QED) is 0.750. The van der Waals surface area contributed by atoms with Crippen LogP contribution in [-0.4, -0.2) is 42.6 Å². The molecule has 2 rings (SSSR count). The van der Waals surface area contributed by atoms with Crippen molar-refractivity contribution in [1.82, 2.24) is 4.90 Å². The summed E-state index contributed by atoms with van der Waals surface area (Å²) in [5, 5.41) is 5.75. The monoisotopic (exact) mass is 353 g/mol. The number of carbonyl (C=O) groups excluding carboxylic acids is 3. The van der Waals surface area contributed by atoms with Gasteiger partial charge in [0.05, 0.1) is 13.1 Å². The van der Waals surface area contributed by atoms with Crippen LogP contribution in [0.3, 0.4) is 0 Å². The van der Waals surface area contributed by atoms with Crippen molar-refractivity contribution in [3.63, 3.8) is 0 Å². The van der Waals surface area contributed by atoms with Crippen LogP contribution in [0.25, 0.3) is 0 Å². The van der Waals surface area contributed by atoms with Gasteiger partial charge in [0.2, 0.25) is 11.8 Å². The van der Waals surface area contributed by atoms with Gasteiger partial charge in [-0.25, -0.2) is 0 Å². The average molecular weight is 353 g/mol. The Bertz CT molecular complexity index is 783. The Hall–Kier alpha value is -3.15. The Morgan fingerprint density at radius 3 is 2.08 bits per heavy atom. The van der Waals surface area contributed by atoms with Gasteiger partial charge in [-0.1, -0.05) is 17.7 Å². The number of likely N-dealkylation sites (N-methyl/N-ethyl adjacent to an activating group) is 1. The molecule has 0 heterocycles. The molecule has 0 atom stereocenters. The number of carbonyl (C=O) groups is 3. The smallest absolute Gasteiger partial charge is 0.243 e. The molecule has 136 valence electrons. The molecule has 2 N–H and O–H groups in total. The Balaban J connectivity index is 1.80. The number of hydrogen-bond donors (Lipinski definition) is 2. The molecule has 6 heteroatoms. The standard InChI is InChI=1S/C20H23N3O3/c1-14-4-8-18(9-5-14)22-19(25)13-23(3)20(26)12-21-17-10-6-16(7-11-17)15(2)24/h4-11,21H,12-13H2,1-3H3,(H,22,25). The van der Waals surface area contributed by atoms with E-state index in [1.165, 1.54) is 11.8 Å². The largest absolute Gasteiger partial charge is 0.376 e. The van der Waals surface area contributed by atoms with Crippen molar-refractivity contribution in [2.45, 2.75) is 13.8 Å². The molecule has 6 nitrogen and oxygen atoms in total. The summed E-state index contributed by atoms with van der Waals surface area (Å²) in [6, 6.07) is 14.4. The molecule has 26 heavy (non-hydrogen) atoms. The highest BCUT2D eigenvalue weighted by atomic mass is 16.2. The van der Waals surface area contributed by atoms with Crippen molar-refractivity contribution in [3.8, 4) is 0 Å². The summed E-state index contributed by atoms with van der Waals surface area (Å²) < 4.78 is 0. The molecule has 0 spiro atoms. The van der Waals surface area contributed by atoms with Crippen molar-refractivity contribution in [3.05, 3.63) is 59.7 Å². The van der Waals surface area contributed by atoms with E-state index in [9.17, 15) is 14.4 Å². The Kier molecular flexibility index (Phi) is 6.49. The lowest BCUT2D eigenvalue weighted by Gasteiger charge is -2.17. The topological polar surface area (TPSA) is 78.5 Å². The molecule has 2 aromatic rings. The van der Waals surface area contributed by atoms with Gasteiger partial charge >= 0.3 is 0 Å². The maximum absolute atomic E-state index is 12.2. The molecule has 0 fully saturated rings. The lowest BCUT2D eigenvalue weighted by Crippen LogP contribution is -2.38. The summed E-state index contributed by atoms with van der Waals surface area (Å²) >= 11 is 0. The van der Waals surface area contributed by atoms with E-state index in [2.05, 4.69) is 10.6 Å². The minimum Gasteiger partial charge on any atom is -0.376 e. The van der Waals surface area contributed by atoms with Crippen molar-refractivity contribution in [2.24, 2.45) is 0 Å². The second-order valence-corrected chi connectivity index (χ2v) is 6.15. The predicted octanol–water partition coefficient (Wildman–Crippen LogP) is 2.71. The number of amides is 2. The van der Waals surface area contributed by atoms with E-state index in [0.29, 0.717) is 11.3 Å². The molecule has 0 aromatic heterocycles. The fourth-order valence-corrected chi connectivity index (χ4v) is 2.28. The third kappa shape index (κ3) is 5.73. The van der Waals surface area contributed by atoms with Crippen molar-refractivity contribution in [2.75, 3.05) is 30.8 Å². The summed E-state index contributed by atoms with van der Waals surface area (Å²) in [7, 11) is 1.58. The number of benzene rings is 2. The van der Waals surface area contributed by atoms with Crippen molar-refractivity contribution < 1.29 is 14.4 Å². The number of ketones is 1. The van der Waals surface area contributed by atoms with Crippen LogP contribution < -0.4 is 10.6 Å². The number of rotatable bonds is 7.